The molecule has 3 aromatic rings. The van der Waals surface area contributed by atoms with Gasteiger partial charge in [0.1, 0.15) is 5.58 Å². The van der Waals surface area contributed by atoms with E-state index in [0.29, 0.717) is 5.58 Å². The van der Waals surface area contributed by atoms with Crippen LogP contribution in [0.5, 0.6) is 0 Å². The molecule has 30 heavy (non-hydrogen) atoms. The van der Waals surface area contributed by atoms with Crippen molar-refractivity contribution in [1.82, 2.24) is 9.80 Å². The van der Waals surface area contributed by atoms with Crippen molar-refractivity contribution in [3.05, 3.63) is 69.9 Å². The number of para-hydroxylation sites is 1. The Kier molecular flexibility index (Phi) is 5.31. The number of nitrogens with zero attached hydrogens (tertiary/aromatic N) is 2. The number of hydrogen-bond acceptors (Lipinski definition) is 3. The zero-order chi connectivity index (χ0) is 21.5. The molecule has 4 rings (SSSR count). The summed E-state index contributed by atoms with van der Waals surface area (Å²) in [4.78, 5) is 28.3. The zero-order valence-electron chi connectivity index (χ0n) is 15.6. The third kappa shape index (κ3) is 3.81. The molecule has 0 N–H and O–H groups in total. The van der Waals surface area contributed by atoms with Gasteiger partial charge in [-0.2, -0.15) is 13.2 Å². The Labute approximate surface area is 178 Å². The summed E-state index contributed by atoms with van der Waals surface area (Å²) in [6.07, 6.45) is -4.61. The summed E-state index contributed by atoms with van der Waals surface area (Å²) in [7, 11) is 0. The van der Waals surface area contributed by atoms with Crippen molar-refractivity contribution in [3.63, 3.8) is 0 Å². The second-order valence-electron chi connectivity index (χ2n) is 6.90. The molecular formula is C21H16BrF3N2O3. The molecule has 1 aliphatic heterocycles. The molecule has 9 heteroatoms. The van der Waals surface area contributed by atoms with Crippen molar-refractivity contribution in [2.45, 2.75) is 6.18 Å². The van der Waals surface area contributed by atoms with Crippen LogP contribution in [0, 0.1) is 0 Å². The highest BCUT2D eigenvalue weighted by Gasteiger charge is 2.36. The van der Waals surface area contributed by atoms with E-state index in [4.69, 9.17) is 4.42 Å². The molecule has 2 amide bonds. The number of amides is 2. The molecule has 0 saturated carbocycles. The van der Waals surface area contributed by atoms with E-state index >= 15 is 0 Å². The molecule has 2 aromatic carbocycles. The summed E-state index contributed by atoms with van der Waals surface area (Å²) in [5.41, 5.74) is -0.772. The van der Waals surface area contributed by atoms with Crippen LogP contribution in [0.15, 0.2) is 57.4 Å². The van der Waals surface area contributed by atoms with Crippen LogP contribution in [-0.4, -0.2) is 47.8 Å². The number of carbonyl (C=O) groups excluding carboxylic acids is 2. The fourth-order valence-electron chi connectivity index (χ4n) is 3.49. The van der Waals surface area contributed by atoms with Crippen molar-refractivity contribution >= 4 is 38.7 Å². The summed E-state index contributed by atoms with van der Waals surface area (Å²) in [5.74, 6) is -0.831. The van der Waals surface area contributed by atoms with Crippen molar-refractivity contribution < 1.29 is 27.2 Å². The van der Waals surface area contributed by atoms with Gasteiger partial charge in [0, 0.05) is 31.6 Å². The number of halogens is 4. The Balaban J connectivity index is 1.47. The fourth-order valence-corrected chi connectivity index (χ4v) is 3.95. The van der Waals surface area contributed by atoms with Gasteiger partial charge >= 0.3 is 6.18 Å². The van der Waals surface area contributed by atoms with E-state index in [0.717, 1.165) is 15.9 Å². The lowest BCUT2D eigenvalue weighted by Crippen LogP contribution is -2.50. The van der Waals surface area contributed by atoms with E-state index in [1.165, 1.54) is 28.0 Å². The molecule has 1 aliphatic rings. The maximum Gasteiger partial charge on any atom is 0.417 e. The van der Waals surface area contributed by atoms with Crippen LogP contribution in [0.3, 0.4) is 0 Å². The Bertz CT molecular complexity index is 1120. The summed E-state index contributed by atoms with van der Waals surface area (Å²) in [6.45, 7) is 0.690. The lowest BCUT2D eigenvalue weighted by molar-refractivity contribution is -0.138. The number of hydrogen-bond donors (Lipinski definition) is 0. The van der Waals surface area contributed by atoms with Gasteiger partial charge in [0.25, 0.3) is 11.8 Å². The quantitative estimate of drug-likeness (QED) is 0.528. The first-order chi connectivity index (χ1) is 14.3. The summed E-state index contributed by atoms with van der Waals surface area (Å²) in [5, 5.41) is 0.783. The first-order valence-electron chi connectivity index (χ1n) is 9.18. The maximum absolute atomic E-state index is 13.2. The lowest BCUT2D eigenvalue weighted by atomic mass is 10.1. The first kappa shape index (κ1) is 20.5. The smallest absolute Gasteiger partial charge is 0.417 e. The van der Waals surface area contributed by atoms with Gasteiger partial charge in [0.15, 0.2) is 5.76 Å². The molecule has 0 radical (unpaired) electrons. The Morgan fingerprint density at radius 2 is 1.53 bits per heavy atom. The summed E-state index contributed by atoms with van der Waals surface area (Å²) < 4.78 is 46.0. The minimum absolute atomic E-state index is 0.140. The number of benzene rings is 2. The molecule has 0 spiro atoms. The largest absolute Gasteiger partial charge is 0.450 e. The number of carbonyl (C=O) groups is 2. The van der Waals surface area contributed by atoms with Crippen LogP contribution in [0.2, 0.25) is 0 Å². The Morgan fingerprint density at radius 1 is 0.900 bits per heavy atom. The highest BCUT2D eigenvalue weighted by Crippen LogP contribution is 2.32. The molecule has 0 atom stereocenters. The molecular weight excluding hydrogens is 465 g/mol. The summed E-state index contributed by atoms with van der Waals surface area (Å²) in [6, 6.07) is 11.8. The summed E-state index contributed by atoms with van der Waals surface area (Å²) >= 11 is 3.38. The molecule has 0 bridgehead atoms. The molecule has 0 aliphatic carbocycles. The zero-order valence-corrected chi connectivity index (χ0v) is 17.2. The van der Waals surface area contributed by atoms with Gasteiger partial charge in [-0.3, -0.25) is 9.59 Å². The van der Waals surface area contributed by atoms with E-state index < -0.39 is 17.6 Å². The van der Waals surface area contributed by atoms with Crippen LogP contribution >= 0.6 is 15.9 Å². The van der Waals surface area contributed by atoms with Crippen molar-refractivity contribution in [2.75, 3.05) is 26.2 Å². The van der Waals surface area contributed by atoms with E-state index in [1.54, 1.807) is 6.07 Å². The fraction of sp³-hybridized carbons (Fsp3) is 0.238. The topological polar surface area (TPSA) is 53.8 Å². The first-order valence-corrected chi connectivity index (χ1v) is 9.98. The van der Waals surface area contributed by atoms with E-state index in [-0.39, 0.29) is 43.4 Å². The van der Waals surface area contributed by atoms with Crippen LogP contribution in [0.1, 0.15) is 26.5 Å². The molecule has 1 fully saturated rings. The third-order valence-electron chi connectivity index (χ3n) is 5.02. The second kappa shape index (κ2) is 7.79. The minimum atomic E-state index is -4.61. The molecule has 5 nitrogen and oxygen atoms in total. The lowest BCUT2D eigenvalue weighted by Gasteiger charge is -2.34. The van der Waals surface area contributed by atoms with E-state index in [2.05, 4.69) is 15.9 Å². The Morgan fingerprint density at radius 3 is 2.17 bits per heavy atom. The van der Waals surface area contributed by atoms with Crippen molar-refractivity contribution in [3.8, 4) is 0 Å². The van der Waals surface area contributed by atoms with Gasteiger partial charge < -0.3 is 14.2 Å². The van der Waals surface area contributed by atoms with Crippen LogP contribution in [-0.2, 0) is 6.18 Å². The average molecular weight is 481 g/mol. The second-order valence-corrected chi connectivity index (χ2v) is 7.75. The molecule has 2 heterocycles. The number of fused-ring (bicyclic) bond motifs is 1. The Hall–Kier alpha value is -2.81. The number of rotatable bonds is 2. The van der Waals surface area contributed by atoms with Gasteiger partial charge in [-0.15, -0.1) is 0 Å². The van der Waals surface area contributed by atoms with Crippen LogP contribution in [0.25, 0.3) is 11.0 Å². The predicted molar refractivity (Wildman–Crippen MR) is 107 cm³/mol. The van der Waals surface area contributed by atoms with Gasteiger partial charge in [0.05, 0.1) is 15.6 Å². The number of alkyl halides is 3. The normalized spacial score (nSPS) is 14.9. The SMILES string of the molecule is O=C(c1cc2cccc(Br)c2o1)N1CCN(C(=O)c2ccccc2C(F)(F)F)CC1. The van der Waals surface area contributed by atoms with Crippen LogP contribution < -0.4 is 0 Å². The third-order valence-corrected chi connectivity index (χ3v) is 5.65. The highest BCUT2D eigenvalue weighted by molar-refractivity contribution is 9.10. The van der Waals surface area contributed by atoms with Crippen molar-refractivity contribution in [2.24, 2.45) is 0 Å². The molecule has 0 unspecified atom stereocenters. The predicted octanol–water partition coefficient (Wildman–Crippen LogP) is 4.81. The van der Waals surface area contributed by atoms with Gasteiger partial charge in [-0.1, -0.05) is 24.3 Å². The van der Waals surface area contributed by atoms with Crippen molar-refractivity contribution in [1.29, 1.82) is 0 Å². The average Bonchev–Trinajstić information content (AvgIpc) is 3.18. The minimum Gasteiger partial charge on any atom is -0.450 e. The number of furan rings is 1. The molecule has 1 saturated heterocycles. The highest BCUT2D eigenvalue weighted by atomic mass is 79.9. The van der Waals surface area contributed by atoms with Crippen LogP contribution in [0.4, 0.5) is 13.2 Å². The van der Waals surface area contributed by atoms with Gasteiger partial charge in [-0.05, 0) is 40.2 Å². The molecule has 1 aromatic heterocycles. The maximum atomic E-state index is 13.2. The standard InChI is InChI=1S/C21H16BrF3N2O3/c22-16-7-3-4-13-12-17(30-18(13)16)20(29)27-10-8-26(9-11-27)19(28)14-5-1-2-6-15(14)21(23,24)25/h1-7,12H,8-11H2. The van der Waals surface area contributed by atoms with E-state index in [1.807, 2.05) is 18.2 Å². The van der Waals surface area contributed by atoms with E-state index in [9.17, 15) is 22.8 Å². The van der Waals surface area contributed by atoms with Gasteiger partial charge in [-0.25, -0.2) is 0 Å². The number of piperazine rings is 1. The van der Waals surface area contributed by atoms with Gasteiger partial charge in [0.2, 0.25) is 0 Å². The molecule has 156 valence electrons. The monoisotopic (exact) mass is 480 g/mol.